The van der Waals surface area contributed by atoms with Crippen molar-refractivity contribution in [1.82, 2.24) is 15.5 Å². The summed E-state index contributed by atoms with van der Waals surface area (Å²) in [7, 11) is 0. The summed E-state index contributed by atoms with van der Waals surface area (Å²) in [6, 6.07) is 7.93. The van der Waals surface area contributed by atoms with Gasteiger partial charge in [0.25, 0.3) is 0 Å². The molecule has 0 unspecified atom stereocenters. The molecule has 1 aromatic rings. The maximum Gasteiger partial charge on any atom is 0.315 e. The Bertz CT molecular complexity index is 482. The molecular weight excluding hydrogens is 290 g/mol. The van der Waals surface area contributed by atoms with Crippen molar-refractivity contribution in [3.05, 3.63) is 35.4 Å². The number of aliphatic hydroxyl groups is 1. The van der Waals surface area contributed by atoms with Crippen LogP contribution >= 0.6 is 0 Å². The molecule has 2 rings (SSSR count). The normalized spacial score (nSPS) is 17.7. The van der Waals surface area contributed by atoms with E-state index in [1.54, 1.807) is 6.92 Å². The van der Waals surface area contributed by atoms with Crippen LogP contribution in [-0.4, -0.2) is 41.8 Å². The smallest absolute Gasteiger partial charge is 0.315 e. The molecule has 2 amide bonds. The third-order valence-electron chi connectivity index (χ3n) is 4.41. The predicted octanol–water partition coefficient (Wildman–Crippen LogP) is 2.10. The van der Waals surface area contributed by atoms with Gasteiger partial charge in [-0.05, 0) is 49.9 Å². The second-order valence-electron chi connectivity index (χ2n) is 6.69. The van der Waals surface area contributed by atoms with Crippen LogP contribution in [0, 0.1) is 5.92 Å². The van der Waals surface area contributed by atoms with Crippen molar-refractivity contribution >= 4 is 6.03 Å². The van der Waals surface area contributed by atoms with Crippen molar-refractivity contribution in [2.75, 3.05) is 19.7 Å². The third kappa shape index (κ3) is 6.20. The van der Waals surface area contributed by atoms with Gasteiger partial charge >= 0.3 is 6.03 Å². The van der Waals surface area contributed by atoms with Gasteiger partial charge in [-0.25, -0.2) is 4.79 Å². The molecule has 0 aromatic heterocycles. The number of hydrogen-bond acceptors (Lipinski definition) is 3. The minimum absolute atomic E-state index is 0.0581. The van der Waals surface area contributed by atoms with Crippen LogP contribution in [0.5, 0.6) is 0 Å². The summed E-state index contributed by atoms with van der Waals surface area (Å²) >= 11 is 0. The van der Waals surface area contributed by atoms with Crippen molar-refractivity contribution in [2.24, 2.45) is 5.92 Å². The van der Waals surface area contributed by atoms with E-state index in [0.717, 1.165) is 18.0 Å². The lowest BCUT2D eigenvalue weighted by Gasteiger charge is -2.30. The Hall–Kier alpha value is -1.59. The standard InChI is InChI=1S/C18H29N3O2/c1-14-7-9-21(10-8-14)12-17-5-3-16(4-6-17)11-19-18(23)20-15(2)13-22/h3-6,14-15,22H,7-13H2,1-2H3,(H2,19,20,23)/t15-/m0/s1. The van der Waals surface area contributed by atoms with Crippen LogP contribution in [0.2, 0.25) is 0 Å². The topological polar surface area (TPSA) is 64.6 Å². The third-order valence-corrected chi connectivity index (χ3v) is 4.41. The van der Waals surface area contributed by atoms with Crippen molar-refractivity contribution in [1.29, 1.82) is 0 Å². The quantitative estimate of drug-likeness (QED) is 0.752. The summed E-state index contributed by atoms with van der Waals surface area (Å²) < 4.78 is 0. The number of nitrogens with one attached hydrogen (secondary N) is 2. The number of carbonyl (C=O) groups is 1. The fourth-order valence-electron chi connectivity index (χ4n) is 2.74. The van der Waals surface area contributed by atoms with Crippen LogP contribution in [0.3, 0.4) is 0 Å². The number of amides is 2. The van der Waals surface area contributed by atoms with E-state index in [0.29, 0.717) is 6.54 Å². The number of likely N-dealkylation sites (tertiary alicyclic amines) is 1. The molecule has 3 N–H and O–H groups in total. The Morgan fingerprint density at radius 2 is 1.87 bits per heavy atom. The van der Waals surface area contributed by atoms with E-state index < -0.39 is 0 Å². The molecule has 5 heteroatoms. The van der Waals surface area contributed by atoms with Crippen LogP contribution in [-0.2, 0) is 13.1 Å². The molecule has 23 heavy (non-hydrogen) atoms. The molecule has 0 aliphatic carbocycles. The van der Waals surface area contributed by atoms with E-state index in [9.17, 15) is 4.79 Å². The largest absolute Gasteiger partial charge is 0.394 e. The zero-order chi connectivity index (χ0) is 16.7. The van der Waals surface area contributed by atoms with Gasteiger partial charge in [-0.2, -0.15) is 0 Å². The number of piperidine rings is 1. The van der Waals surface area contributed by atoms with Crippen LogP contribution in [0.4, 0.5) is 4.79 Å². The summed E-state index contributed by atoms with van der Waals surface area (Å²) in [5.41, 5.74) is 2.40. The summed E-state index contributed by atoms with van der Waals surface area (Å²) in [4.78, 5) is 14.1. The predicted molar refractivity (Wildman–Crippen MR) is 92.0 cm³/mol. The first-order chi connectivity index (χ1) is 11.1. The van der Waals surface area contributed by atoms with Crippen molar-refractivity contribution in [3.8, 4) is 0 Å². The maximum absolute atomic E-state index is 11.6. The van der Waals surface area contributed by atoms with Crippen LogP contribution in [0.15, 0.2) is 24.3 Å². The SMILES string of the molecule is CC1CCN(Cc2ccc(CNC(=O)N[C@@H](C)CO)cc2)CC1. The number of hydrogen-bond donors (Lipinski definition) is 3. The number of nitrogens with zero attached hydrogens (tertiary/aromatic N) is 1. The first kappa shape index (κ1) is 17.8. The van der Waals surface area contributed by atoms with Gasteiger partial charge in [0.15, 0.2) is 0 Å². The van der Waals surface area contributed by atoms with E-state index in [-0.39, 0.29) is 18.7 Å². The molecule has 1 aromatic carbocycles. The van der Waals surface area contributed by atoms with E-state index in [1.165, 1.54) is 31.5 Å². The van der Waals surface area contributed by atoms with Crippen molar-refractivity contribution in [2.45, 2.75) is 45.8 Å². The average Bonchev–Trinajstić information content (AvgIpc) is 2.56. The Balaban J connectivity index is 1.75. The molecular formula is C18H29N3O2. The van der Waals surface area contributed by atoms with Gasteiger partial charge in [-0.1, -0.05) is 31.2 Å². The molecule has 0 bridgehead atoms. The highest BCUT2D eigenvalue weighted by molar-refractivity contribution is 5.74. The van der Waals surface area contributed by atoms with Crippen LogP contribution < -0.4 is 10.6 Å². The monoisotopic (exact) mass is 319 g/mol. The van der Waals surface area contributed by atoms with E-state index in [1.807, 2.05) is 0 Å². The van der Waals surface area contributed by atoms with Gasteiger partial charge in [0.05, 0.1) is 12.6 Å². The molecule has 1 heterocycles. The zero-order valence-corrected chi connectivity index (χ0v) is 14.2. The molecule has 1 saturated heterocycles. The number of carbonyl (C=O) groups excluding carboxylic acids is 1. The van der Waals surface area contributed by atoms with Gasteiger partial charge in [0.2, 0.25) is 0 Å². The lowest BCUT2D eigenvalue weighted by Crippen LogP contribution is -2.41. The fourth-order valence-corrected chi connectivity index (χ4v) is 2.74. The van der Waals surface area contributed by atoms with E-state index in [2.05, 4.69) is 46.7 Å². The number of rotatable bonds is 6. The molecule has 0 saturated carbocycles. The minimum atomic E-state index is -0.252. The van der Waals surface area contributed by atoms with Gasteiger partial charge in [-0.15, -0.1) is 0 Å². The number of aliphatic hydroxyl groups excluding tert-OH is 1. The summed E-state index contributed by atoms with van der Waals surface area (Å²) in [6.07, 6.45) is 2.59. The van der Waals surface area contributed by atoms with E-state index in [4.69, 9.17) is 5.11 Å². The first-order valence-electron chi connectivity index (χ1n) is 8.52. The average molecular weight is 319 g/mol. The molecule has 5 nitrogen and oxygen atoms in total. The van der Waals surface area contributed by atoms with Crippen LogP contribution in [0.25, 0.3) is 0 Å². The Morgan fingerprint density at radius 3 is 2.48 bits per heavy atom. The summed E-state index contributed by atoms with van der Waals surface area (Å²) in [5, 5.41) is 14.4. The van der Waals surface area contributed by atoms with Crippen molar-refractivity contribution < 1.29 is 9.90 Å². The molecule has 1 atom stereocenters. The highest BCUT2D eigenvalue weighted by Crippen LogP contribution is 2.18. The summed E-state index contributed by atoms with van der Waals surface area (Å²) in [6.45, 7) is 7.91. The number of urea groups is 1. The van der Waals surface area contributed by atoms with Gasteiger partial charge in [-0.3, -0.25) is 4.90 Å². The molecule has 1 aliphatic rings. The lowest BCUT2D eigenvalue weighted by atomic mass is 9.99. The molecule has 1 aliphatic heterocycles. The minimum Gasteiger partial charge on any atom is -0.394 e. The summed E-state index contributed by atoms with van der Waals surface area (Å²) in [5.74, 6) is 0.861. The Kier molecular flexibility index (Phi) is 6.86. The van der Waals surface area contributed by atoms with Gasteiger partial charge < -0.3 is 15.7 Å². The second-order valence-corrected chi connectivity index (χ2v) is 6.69. The maximum atomic E-state index is 11.6. The van der Waals surface area contributed by atoms with E-state index >= 15 is 0 Å². The molecule has 1 fully saturated rings. The number of benzene rings is 1. The Labute approximate surface area is 139 Å². The van der Waals surface area contributed by atoms with Gasteiger partial charge in [0.1, 0.15) is 0 Å². The van der Waals surface area contributed by atoms with Gasteiger partial charge in [0, 0.05) is 13.1 Å². The Morgan fingerprint density at radius 1 is 1.26 bits per heavy atom. The lowest BCUT2D eigenvalue weighted by molar-refractivity contribution is 0.185. The highest BCUT2D eigenvalue weighted by Gasteiger charge is 2.15. The highest BCUT2D eigenvalue weighted by atomic mass is 16.3. The molecule has 128 valence electrons. The van der Waals surface area contributed by atoms with Crippen molar-refractivity contribution in [3.63, 3.8) is 0 Å². The first-order valence-corrected chi connectivity index (χ1v) is 8.52. The fraction of sp³-hybridized carbons (Fsp3) is 0.611. The molecule has 0 radical (unpaired) electrons. The zero-order valence-electron chi connectivity index (χ0n) is 14.2. The second kappa shape index (κ2) is 8.89. The van der Waals surface area contributed by atoms with Crippen LogP contribution in [0.1, 0.15) is 37.8 Å². The molecule has 0 spiro atoms.